The van der Waals surface area contributed by atoms with Crippen molar-refractivity contribution in [3.63, 3.8) is 0 Å². The monoisotopic (exact) mass is 477 g/mol. The van der Waals surface area contributed by atoms with Gasteiger partial charge in [-0.25, -0.2) is 0 Å². The second-order valence-corrected chi connectivity index (χ2v) is 12.4. The second kappa shape index (κ2) is 13.6. The third-order valence-corrected chi connectivity index (χ3v) is 7.61. The van der Waals surface area contributed by atoms with Gasteiger partial charge in [-0.05, 0) is 81.6 Å². The number of hydrogen-bond donors (Lipinski definition) is 0. The van der Waals surface area contributed by atoms with Crippen LogP contribution in [0.15, 0.2) is 60.4 Å². The molecule has 1 aliphatic carbocycles. The smallest absolute Gasteiger partial charge is 0.159 e. The van der Waals surface area contributed by atoms with E-state index in [9.17, 15) is 0 Å². The summed E-state index contributed by atoms with van der Waals surface area (Å²) in [5, 5.41) is 0. The number of unbranched alkanes of at least 4 members (excludes halogenated alkanes) is 1. The summed E-state index contributed by atoms with van der Waals surface area (Å²) in [6.07, 6.45) is 19.0. The molecule has 3 unspecified atom stereocenters. The molecular weight excluding hydrogens is 421 g/mol. The van der Waals surface area contributed by atoms with Crippen molar-refractivity contribution in [3.8, 4) is 0 Å². The standard InChI is InChI=1S/C31H50BN.C2H6/c1-12-14-16-25-17-18-27(22-25)32(11)28(23(3)21-24(4)30(5,6)7)29-26(15-13-2)19-20-33(29)31(8,9)10;1-2/h13,17-23,27-28H,2,12,14-16H2,1,3-11H3;1-2H3/b24-21+;. The molecule has 0 fully saturated rings. The van der Waals surface area contributed by atoms with E-state index in [1.165, 1.54) is 41.7 Å². The highest BCUT2D eigenvalue weighted by Gasteiger charge is 2.37. The highest BCUT2D eigenvalue weighted by Crippen LogP contribution is 2.42. The first kappa shape index (κ1) is 31.3. The van der Waals surface area contributed by atoms with Crippen molar-refractivity contribution in [2.45, 2.75) is 126 Å². The van der Waals surface area contributed by atoms with E-state index < -0.39 is 0 Å². The molecule has 1 heterocycles. The molecule has 0 N–H and O–H groups in total. The van der Waals surface area contributed by atoms with Crippen molar-refractivity contribution in [3.05, 3.63) is 71.6 Å². The van der Waals surface area contributed by atoms with Crippen LogP contribution in [0, 0.1) is 11.3 Å². The number of hydrogen-bond acceptors (Lipinski definition) is 0. The van der Waals surface area contributed by atoms with E-state index in [-0.39, 0.29) is 11.0 Å². The summed E-state index contributed by atoms with van der Waals surface area (Å²) in [5.41, 5.74) is 6.18. The van der Waals surface area contributed by atoms with Gasteiger partial charge >= 0.3 is 0 Å². The minimum absolute atomic E-state index is 0.0445. The number of rotatable bonds is 10. The average Bonchev–Trinajstić information content (AvgIpc) is 3.41. The number of allylic oxidation sites excluding steroid dienone is 7. The van der Waals surface area contributed by atoms with Gasteiger partial charge in [0.1, 0.15) is 0 Å². The van der Waals surface area contributed by atoms with E-state index in [2.05, 4.69) is 123 Å². The van der Waals surface area contributed by atoms with Crippen molar-refractivity contribution in [2.75, 3.05) is 0 Å². The largest absolute Gasteiger partial charge is 0.346 e. The maximum atomic E-state index is 4.07. The molecule has 0 saturated heterocycles. The van der Waals surface area contributed by atoms with Gasteiger partial charge in [0.05, 0.1) is 0 Å². The molecule has 0 aromatic carbocycles. The highest BCUT2D eigenvalue weighted by molar-refractivity contribution is 6.62. The minimum atomic E-state index is 0.0445. The summed E-state index contributed by atoms with van der Waals surface area (Å²) in [7, 11) is 0. The summed E-state index contributed by atoms with van der Waals surface area (Å²) in [6.45, 7) is 32.1. The van der Waals surface area contributed by atoms with Crippen LogP contribution in [0.4, 0.5) is 0 Å². The van der Waals surface area contributed by atoms with Gasteiger partial charge in [0.2, 0.25) is 0 Å². The van der Waals surface area contributed by atoms with Crippen molar-refractivity contribution in [2.24, 2.45) is 11.3 Å². The Hall–Kier alpha value is -1.70. The Bertz CT molecular complexity index is 881. The van der Waals surface area contributed by atoms with Crippen LogP contribution in [-0.4, -0.2) is 11.3 Å². The van der Waals surface area contributed by atoms with Crippen LogP contribution in [0.25, 0.3) is 0 Å². The van der Waals surface area contributed by atoms with Crippen LogP contribution in [0.2, 0.25) is 12.6 Å². The first-order valence-electron chi connectivity index (χ1n) is 14.2. The average molecular weight is 478 g/mol. The molecule has 0 radical (unpaired) electrons. The molecule has 3 atom stereocenters. The Labute approximate surface area is 219 Å². The molecule has 1 nitrogen and oxygen atoms in total. The van der Waals surface area contributed by atoms with E-state index in [0.717, 1.165) is 6.42 Å². The Morgan fingerprint density at radius 3 is 2.31 bits per heavy atom. The maximum Gasteiger partial charge on any atom is 0.159 e. The van der Waals surface area contributed by atoms with Gasteiger partial charge in [0.25, 0.3) is 0 Å². The van der Waals surface area contributed by atoms with Crippen LogP contribution in [0.5, 0.6) is 0 Å². The van der Waals surface area contributed by atoms with E-state index in [1.807, 2.05) is 13.8 Å². The molecule has 2 heteroatoms. The molecule has 0 amide bonds. The molecule has 1 aliphatic rings. The molecule has 2 rings (SSSR count). The molecular formula is C33H56BN. The fraction of sp³-hybridized carbons (Fsp3) is 0.636. The predicted molar refractivity (Wildman–Crippen MR) is 162 cm³/mol. The van der Waals surface area contributed by atoms with Crippen molar-refractivity contribution < 1.29 is 0 Å². The zero-order valence-corrected chi connectivity index (χ0v) is 25.3. The van der Waals surface area contributed by atoms with E-state index >= 15 is 0 Å². The zero-order valence-electron chi connectivity index (χ0n) is 25.3. The normalized spacial score (nSPS) is 18.0. The van der Waals surface area contributed by atoms with Gasteiger partial charge in [0, 0.05) is 17.4 Å². The Morgan fingerprint density at radius 1 is 1.17 bits per heavy atom. The minimum Gasteiger partial charge on any atom is -0.346 e. The van der Waals surface area contributed by atoms with Gasteiger partial charge in [-0.3, -0.25) is 0 Å². The van der Waals surface area contributed by atoms with Crippen molar-refractivity contribution in [1.29, 1.82) is 0 Å². The Balaban J connectivity index is 0.00000298. The van der Waals surface area contributed by atoms with Gasteiger partial charge in [-0.15, -0.1) is 6.58 Å². The molecule has 196 valence electrons. The van der Waals surface area contributed by atoms with Gasteiger partial charge < -0.3 is 4.57 Å². The molecule has 1 aromatic rings. The molecule has 0 spiro atoms. The van der Waals surface area contributed by atoms with Crippen molar-refractivity contribution >= 4 is 6.71 Å². The lowest BCUT2D eigenvalue weighted by molar-refractivity contribution is 0.377. The summed E-state index contributed by atoms with van der Waals surface area (Å²) in [6, 6.07) is 2.34. The van der Waals surface area contributed by atoms with Crippen molar-refractivity contribution in [1.82, 2.24) is 4.57 Å². The van der Waals surface area contributed by atoms with Gasteiger partial charge in [-0.1, -0.05) is 103 Å². The van der Waals surface area contributed by atoms with Crippen LogP contribution >= 0.6 is 0 Å². The molecule has 0 aliphatic heterocycles. The quantitative estimate of drug-likeness (QED) is 0.233. The topological polar surface area (TPSA) is 4.93 Å². The van der Waals surface area contributed by atoms with Crippen LogP contribution in [0.3, 0.4) is 0 Å². The third-order valence-electron chi connectivity index (χ3n) is 7.61. The lowest BCUT2D eigenvalue weighted by atomic mass is 9.33. The highest BCUT2D eigenvalue weighted by atomic mass is 15.0. The third kappa shape index (κ3) is 8.44. The SMILES string of the molecule is C=CCc1ccn(C(C)(C)C)c1C(B(C)C1C=CC(CCCC)=C1)C(C)/C=C(\C)C(C)(C)C.CC. The Kier molecular flexibility index (Phi) is 12.1. The van der Waals surface area contributed by atoms with Crippen LogP contribution in [0.1, 0.15) is 112 Å². The summed E-state index contributed by atoms with van der Waals surface area (Å²) in [4.78, 5) is 0. The van der Waals surface area contributed by atoms with Crippen LogP contribution in [-0.2, 0) is 12.0 Å². The lowest BCUT2D eigenvalue weighted by Crippen LogP contribution is -2.34. The Morgan fingerprint density at radius 2 is 1.80 bits per heavy atom. The fourth-order valence-corrected chi connectivity index (χ4v) is 5.20. The van der Waals surface area contributed by atoms with E-state index in [1.54, 1.807) is 0 Å². The summed E-state index contributed by atoms with van der Waals surface area (Å²) in [5.74, 6) is 1.37. The van der Waals surface area contributed by atoms with Gasteiger partial charge in [-0.2, -0.15) is 0 Å². The zero-order chi connectivity index (χ0) is 27.0. The molecule has 35 heavy (non-hydrogen) atoms. The fourth-order valence-electron chi connectivity index (χ4n) is 5.20. The van der Waals surface area contributed by atoms with E-state index in [4.69, 9.17) is 0 Å². The van der Waals surface area contributed by atoms with E-state index in [0.29, 0.717) is 24.3 Å². The predicted octanol–water partition coefficient (Wildman–Crippen LogP) is 10.4. The number of nitrogens with zero attached hydrogens (tertiary/aromatic N) is 1. The molecule has 0 bridgehead atoms. The summed E-state index contributed by atoms with van der Waals surface area (Å²) < 4.78 is 2.55. The maximum absolute atomic E-state index is 4.07. The van der Waals surface area contributed by atoms with Crippen LogP contribution < -0.4 is 0 Å². The first-order chi connectivity index (χ1) is 16.3. The second-order valence-electron chi connectivity index (χ2n) is 12.4. The van der Waals surface area contributed by atoms with Gasteiger partial charge in [0.15, 0.2) is 6.71 Å². The molecule has 1 aromatic heterocycles. The lowest BCUT2D eigenvalue weighted by Gasteiger charge is -2.36. The summed E-state index contributed by atoms with van der Waals surface area (Å²) >= 11 is 0. The number of aromatic nitrogens is 1. The first-order valence-corrected chi connectivity index (χ1v) is 14.2. The molecule has 0 saturated carbocycles.